The van der Waals surface area contributed by atoms with Gasteiger partial charge in [-0.05, 0) is 24.6 Å². The average molecular weight is 215 g/mol. The monoisotopic (exact) mass is 215 g/mol. The van der Waals surface area contributed by atoms with Crippen LogP contribution >= 0.6 is 11.3 Å². The fourth-order valence-corrected chi connectivity index (χ4v) is 2.76. The van der Waals surface area contributed by atoms with Gasteiger partial charge in [0.05, 0.1) is 6.04 Å². The largest absolute Gasteiger partial charge is 0.306 e. The summed E-state index contributed by atoms with van der Waals surface area (Å²) < 4.78 is 0. The van der Waals surface area contributed by atoms with Gasteiger partial charge in [0.15, 0.2) is 0 Å². The number of benzene rings is 1. The van der Waals surface area contributed by atoms with Crippen LogP contribution in [0.5, 0.6) is 0 Å². The highest BCUT2D eigenvalue weighted by atomic mass is 32.1. The van der Waals surface area contributed by atoms with E-state index in [1.165, 1.54) is 20.9 Å². The molecule has 2 aromatic rings. The first-order valence-electron chi connectivity index (χ1n) is 5.23. The smallest absolute Gasteiger partial charge is 0.0542 e. The predicted octanol–water partition coefficient (Wildman–Crippen LogP) is 3.37. The zero-order chi connectivity index (χ0) is 10.3. The minimum Gasteiger partial charge on any atom is -0.306 e. The molecule has 0 radical (unpaired) electrons. The number of nitrogens with one attached hydrogen (secondary N) is 1. The highest BCUT2D eigenvalue weighted by Gasteiger charge is 2.23. The first kappa shape index (κ1) is 9.13. The van der Waals surface area contributed by atoms with Crippen LogP contribution in [-0.4, -0.2) is 6.54 Å². The van der Waals surface area contributed by atoms with Crippen LogP contribution in [-0.2, 0) is 0 Å². The summed E-state index contributed by atoms with van der Waals surface area (Å²) in [6, 6.07) is 13.8. The lowest BCUT2D eigenvalue weighted by Gasteiger charge is -1.97. The summed E-state index contributed by atoms with van der Waals surface area (Å²) in [6.45, 7) is 3.27. The third-order valence-electron chi connectivity index (χ3n) is 2.71. The molecule has 0 bridgehead atoms. The van der Waals surface area contributed by atoms with Crippen molar-refractivity contribution in [3.63, 3.8) is 0 Å². The third-order valence-corrected chi connectivity index (χ3v) is 3.96. The molecule has 1 nitrogen and oxygen atoms in total. The fourth-order valence-electron chi connectivity index (χ4n) is 1.67. The molecule has 0 aliphatic carbocycles. The Kier molecular flexibility index (Phi) is 2.11. The van der Waals surface area contributed by atoms with Crippen LogP contribution in [0.3, 0.4) is 0 Å². The maximum absolute atomic E-state index is 3.33. The summed E-state index contributed by atoms with van der Waals surface area (Å²) in [4.78, 5) is 2.84. The molecule has 3 rings (SSSR count). The Morgan fingerprint density at radius 1 is 1.13 bits per heavy atom. The normalized spacial score (nSPS) is 19.1. The first-order chi connectivity index (χ1) is 7.33. The Morgan fingerprint density at radius 3 is 2.53 bits per heavy atom. The average Bonchev–Trinajstić information content (AvgIpc) is 2.99. The van der Waals surface area contributed by atoms with Crippen LogP contribution in [0.1, 0.15) is 16.5 Å². The fraction of sp³-hybridized carbons (Fsp3) is 0.231. The number of thiophene rings is 1. The van der Waals surface area contributed by atoms with Gasteiger partial charge in [0.25, 0.3) is 0 Å². The second-order valence-corrected chi connectivity index (χ2v) is 5.14. The van der Waals surface area contributed by atoms with Crippen LogP contribution in [0, 0.1) is 6.92 Å². The maximum atomic E-state index is 3.33. The molecule has 0 spiro atoms. The first-order valence-corrected chi connectivity index (χ1v) is 6.05. The van der Waals surface area contributed by atoms with Gasteiger partial charge in [0, 0.05) is 16.3 Å². The summed E-state index contributed by atoms with van der Waals surface area (Å²) in [5.74, 6) is 0. The van der Waals surface area contributed by atoms with Gasteiger partial charge in [-0.2, -0.15) is 0 Å². The van der Waals surface area contributed by atoms with Crippen LogP contribution in [0.2, 0.25) is 0 Å². The molecule has 1 aliphatic heterocycles. The van der Waals surface area contributed by atoms with E-state index in [0.717, 1.165) is 6.54 Å². The van der Waals surface area contributed by atoms with Crippen molar-refractivity contribution in [2.24, 2.45) is 0 Å². The molecule has 15 heavy (non-hydrogen) atoms. The number of hydrogen-bond donors (Lipinski definition) is 1. The highest BCUT2D eigenvalue weighted by Crippen LogP contribution is 2.34. The highest BCUT2D eigenvalue weighted by molar-refractivity contribution is 7.15. The predicted molar refractivity (Wildman–Crippen MR) is 65.2 cm³/mol. The lowest BCUT2D eigenvalue weighted by atomic mass is 10.1. The lowest BCUT2D eigenvalue weighted by Crippen LogP contribution is -1.74. The summed E-state index contributed by atoms with van der Waals surface area (Å²) in [5.41, 5.74) is 2.65. The molecule has 1 saturated heterocycles. The third kappa shape index (κ3) is 1.83. The quantitative estimate of drug-likeness (QED) is 0.762. The van der Waals surface area contributed by atoms with Gasteiger partial charge < -0.3 is 5.32 Å². The zero-order valence-electron chi connectivity index (χ0n) is 8.66. The molecule has 1 N–H and O–H groups in total. The van der Waals surface area contributed by atoms with Gasteiger partial charge in [0.1, 0.15) is 0 Å². The molecule has 1 unspecified atom stereocenters. The molecule has 0 amide bonds. The summed E-state index contributed by atoms with van der Waals surface area (Å²) in [7, 11) is 0. The van der Waals surface area contributed by atoms with E-state index in [9.17, 15) is 0 Å². The second kappa shape index (κ2) is 3.47. The number of rotatable bonds is 2. The molecule has 2 heterocycles. The molecule has 2 heteroatoms. The molecular weight excluding hydrogens is 202 g/mol. The van der Waals surface area contributed by atoms with Gasteiger partial charge in [-0.15, -0.1) is 11.3 Å². The summed E-state index contributed by atoms with van der Waals surface area (Å²) >= 11 is 1.90. The summed E-state index contributed by atoms with van der Waals surface area (Å²) in [5, 5.41) is 3.33. The zero-order valence-corrected chi connectivity index (χ0v) is 9.47. The minimum atomic E-state index is 0.634. The Labute approximate surface area is 93.8 Å². The maximum Gasteiger partial charge on any atom is 0.0542 e. The van der Waals surface area contributed by atoms with Crippen molar-refractivity contribution in [3.8, 4) is 10.4 Å². The van der Waals surface area contributed by atoms with Gasteiger partial charge >= 0.3 is 0 Å². The van der Waals surface area contributed by atoms with E-state index < -0.39 is 0 Å². The van der Waals surface area contributed by atoms with Crippen LogP contribution in [0.25, 0.3) is 10.4 Å². The molecule has 1 aliphatic rings. The molecular formula is C13H13NS. The van der Waals surface area contributed by atoms with E-state index in [2.05, 4.69) is 48.6 Å². The standard InChI is InChI=1S/C13H13NS/c1-9-2-4-10(5-3-9)12-6-7-13(15-12)11-8-14-11/h2-7,11,14H,8H2,1H3. The number of aryl methyl sites for hydroxylation is 1. The SMILES string of the molecule is Cc1ccc(-c2ccc(C3CN3)s2)cc1. The molecule has 76 valence electrons. The van der Waals surface area contributed by atoms with Crippen molar-refractivity contribution in [1.82, 2.24) is 5.32 Å². The van der Waals surface area contributed by atoms with E-state index >= 15 is 0 Å². The van der Waals surface area contributed by atoms with Gasteiger partial charge in [-0.1, -0.05) is 29.8 Å². The van der Waals surface area contributed by atoms with E-state index in [1.807, 2.05) is 11.3 Å². The van der Waals surface area contributed by atoms with Gasteiger partial charge in [0.2, 0.25) is 0 Å². The van der Waals surface area contributed by atoms with Crippen molar-refractivity contribution in [3.05, 3.63) is 46.8 Å². The van der Waals surface area contributed by atoms with Crippen molar-refractivity contribution in [1.29, 1.82) is 0 Å². The number of hydrogen-bond acceptors (Lipinski definition) is 2. The van der Waals surface area contributed by atoms with Crippen LogP contribution in [0.4, 0.5) is 0 Å². The van der Waals surface area contributed by atoms with Crippen molar-refractivity contribution in [2.75, 3.05) is 6.54 Å². The van der Waals surface area contributed by atoms with Crippen LogP contribution < -0.4 is 5.32 Å². The van der Waals surface area contributed by atoms with Crippen LogP contribution in [0.15, 0.2) is 36.4 Å². The Bertz CT molecular complexity index is 466. The van der Waals surface area contributed by atoms with E-state index in [4.69, 9.17) is 0 Å². The van der Waals surface area contributed by atoms with Gasteiger partial charge in [-0.25, -0.2) is 0 Å². The molecule has 1 fully saturated rings. The van der Waals surface area contributed by atoms with E-state index in [-0.39, 0.29) is 0 Å². The summed E-state index contributed by atoms with van der Waals surface area (Å²) in [6.07, 6.45) is 0. The van der Waals surface area contributed by atoms with E-state index in [0.29, 0.717) is 6.04 Å². The Hall–Kier alpha value is -1.12. The van der Waals surface area contributed by atoms with E-state index in [1.54, 1.807) is 0 Å². The Morgan fingerprint density at radius 2 is 1.87 bits per heavy atom. The van der Waals surface area contributed by atoms with Gasteiger partial charge in [-0.3, -0.25) is 0 Å². The van der Waals surface area contributed by atoms with Crippen molar-refractivity contribution >= 4 is 11.3 Å². The topological polar surface area (TPSA) is 21.9 Å². The molecule has 1 aromatic heterocycles. The molecule has 0 saturated carbocycles. The molecule has 1 atom stereocenters. The lowest BCUT2D eigenvalue weighted by molar-refractivity contribution is 1.12. The van der Waals surface area contributed by atoms with Crippen molar-refractivity contribution < 1.29 is 0 Å². The molecule has 1 aromatic carbocycles. The van der Waals surface area contributed by atoms with Crippen molar-refractivity contribution in [2.45, 2.75) is 13.0 Å². The second-order valence-electron chi connectivity index (χ2n) is 4.03. The Balaban J connectivity index is 1.93. The minimum absolute atomic E-state index is 0.634.